The number of halogens is 3. The number of aliphatic hydroxyl groups excluding tert-OH is 1. The molecule has 0 bridgehead atoms. The number of hydrogen-bond acceptors (Lipinski definition) is 3. The smallest absolute Gasteiger partial charge is 0.433 e. The highest BCUT2D eigenvalue weighted by molar-refractivity contribution is 5.80. The zero-order valence-corrected chi connectivity index (χ0v) is 13.5. The lowest BCUT2D eigenvalue weighted by molar-refractivity contribution is -0.140. The van der Waals surface area contributed by atoms with E-state index in [1.807, 2.05) is 0 Å². The van der Waals surface area contributed by atoms with Crippen molar-refractivity contribution in [2.24, 2.45) is 0 Å². The predicted molar refractivity (Wildman–Crippen MR) is 87.0 cm³/mol. The number of nitrogens with zero attached hydrogens (tertiary/aromatic N) is 1. The average molecular weight is 341 g/mol. The molecule has 0 atom stereocenters. The predicted octanol–water partition coefficient (Wildman–Crippen LogP) is 4.97. The number of ether oxygens (including phenoxy) is 1. The van der Waals surface area contributed by atoms with Crippen molar-refractivity contribution >= 4 is 10.9 Å². The summed E-state index contributed by atoms with van der Waals surface area (Å²) >= 11 is 0. The van der Waals surface area contributed by atoms with Crippen LogP contribution >= 0.6 is 0 Å². The summed E-state index contributed by atoms with van der Waals surface area (Å²) in [5.41, 5.74) is -0.578. The molecule has 1 N–H and O–H groups in total. The third kappa shape index (κ3) is 5.67. The molecule has 0 radical (unpaired) electrons. The Hall–Kier alpha value is -1.82. The molecule has 0 aliphatic carbocycles. The van der Waals surface area contributed by atoms with Gasteiger partial charge in [0.2, 0.25) is 0 Å². The zero-order chi connectivity index (χ0) is 17.4. The van der Waals surface area contributed by atoms with Gasteiger partial charge in [-0.1, -0.05) is 31.7 Å². The number of unbranched alkanes of at least 4 members (excludes halogenated alkanes) is 5. The van der Waals surface area contributed by atoms with Gasteiger partial charge in [0, 0.05) is 12.0 Å². The Morgan fingerprint density at radius 1 is 0.917 bits per heavy atom. The van der Waals surface area contributed by atoms with E-state index < -0.39 is 11.9 Å². The first-order valence-corrected chi connectivity index (χ1v) is 8.22. The molecule has 0 unspecified atom stereocenters. The molecule has 2 aromatic rings. The van der Waals surface area contributed by atoms with E-state index in [9.17, 15) is 13.2 Å². The number of fused-ring (bicyclic) bond motifs is 1. The van der Waals surface area contributed by atoms with Crippen LogP contribution in [0.1, 0.15) is 44.2 Å². The van der Waals surface area contributed by atoms with Gasteiger partial charge in [0.15, 0.2) is 0 Å². The third-order valence-corrected chi connectivity index (χ3v) is 3.77. The highest BCUT2D eigenvalue weighted by atomic mass is 19.4. The Kier molecular flexibility index (Phi) is 6.85. The maximum atomic E-state index is 12.6. The standard InChI is InChI=1S/C18H22F3NO2/c19-18(20,21)17-10-7-14-13-15(8-9-16(14)22-17)24-12-6-4-2-1-3-5-11-23/h7-10,13,23H,1-6,11-12H2. The van der Waals surface area contributed by atoms with Crippen molar-refractivity contribution < 1.29 is 23.0 Å². The largest absolute Gasteiger partial charge is 0.494 e. The second-order valence-corrected chi connectivity index (χ2v) is 5.74. The quantitative estimate of drug-likeness (QED) is 0.655. The first-order valence-electron chi connectivity index (χ1n) is 8.22. The molecule has 1 aromatic heterocycles. The summed E-state index contributed by atoms with van der Waals surface area (Å²) in [4.78, 5) is 3.63. The number of hydrogen-bond donors (Lipinski definition) is 1. The number of benzene rings is 1. The third-order valence-electron chi connectivity index (χ3n) is 3.77. The molecular formula is C18H22F3NO2. The van der Waals surface area contributed by atoms with Crippen LogP contribution in [-0.2, 0) is 6.18 Å². The van der Waals surface area contributed by atoms with Crippen LogP contribution in [0.4, 0.5) is 13.2 Å². The van der Waals surface area contributed by atoms with Crippen LogP contribution in [0.5, 0.6) is 5.75 Å². The van der Waals surface area contributed by atoms with Gasteiger partial charge >= 0.3 is 6.18 Å². The molecule has 2 rings (SSSR count). The molecule has 24 heavy (non-hydrogen) atoms. The Morgan fingerprint density at radius 2 is 1.62 bits per heavy atom. The van der Waals surface area contributed by atoms with Crippen LogP contribution in [0.2, 0.25) is 0 Å². The molecule has 1 aromatic carbocycles. The molecule has 0 saturated carbocycles. The minimum Gasteiger partial charge on any atom is -0.494 e. The van der Waals surface area contributed by atoms with Gasteiger partial charge in [-0.2, -0.15) is 13.2 Å². The Balaban J connectivity index is 1.81. The molecule has 0 fully saturated rings. The lowest BCUT2D eigenvalue weighted by Crippen LogP contribution is -2.07. The fraction of sp³-hybridized carbons (Fsp3) is 0.500. The summed E-state index contributed by atoms with van der Waals surface area (Å²) in [5.74, 6) is 0.643. The van der Waals surface area contributed by atoms with Gasteiger partial charge < -0.3 is 9.84 Å². The van der Waals surface area contributed by atoms with E-state index in [0.29, 0.717) is 23.3 Å². The lowest BCUT2D eigenvalue weighted by Gasteiger charge is -2.09. The summed E-state index contributed by atoms with van der Waals surface area (Å²) in [6.07, 6.45) is 1.71. The number of aromatic nitrogens is 1. The summed E-state index contributed by atoms with van der Waals surface area (Å²) in [5, 5.41) is 9.31. The van der Waals surface area contributed by atoms with Gasteiger partial charge in [0.1, 0.15) is 11.4 Å². The second kappa shape index (κ2) is 8.87. The summed E-state index contributed by atoms with van der Waals surface area (Å²) in [7, 11) is 0. The minimum atomic E-state index is -4.43. The summed E-state index contributed by atoms with van der Waals surface area (Å²) in [6.45, 7) is 0.837. The molecule has 0 amide bonds. The van der Waals surface area contributed by atoms with Crippen LogP contribution < -0.4 is 4.74 Å². The van der Waals surface area contributed by atoms with Crippen LogP contribution in [-0.4, -0.2) is 23.3 Å². The Bertz CT molecular complexity index is 644. The van der Waals surface area contributed by atoms with Gasteiger partial charge in [-0.25, -0.2) is 4.98 Å². The van der Waals surface area contributed by atoms with E-state index in [1.165, 1.54) is 6.07 Å². The summed E-state index contributed by atoms with van der Waals surface area (Å²) in [6, 6.07) is 7.31. The first kappa shape index (κ1) is 18.5. The van der Waals surface area contributed by atoms with Crippen molar-refractivity contribution in [2.45, 2.75) is 44.7 Å². The normalized spacial score (nSPS) is 11.8. The van der Waals surface area contributed by atoms with Gasteiger partial charge in [-0.05, 0) is 37.1 Å². The van der Waals surface area contributed by atoms with E-state index >= 15 is 0 Å². The van der Waals surface area contributed by atoms with Crippen LogP contribution in [0.15, 0.2) is 30.3 Å². The van der Waals surface area contributed by atoms with Gasteiger partial charge in [-0.3, -0.25) is 0 Å². The van der Waals surface area contributed by atoms with Gasteiger partial charge in [-0.15, -0.1) is 0 Å². The zero-order valence-electron chi connectivity index (χ0n) is 13.5. The SMILES string of the molecule is OCCCCCCCCOc1ccc2nc(C(F)(F)F)ccc2c1. The van der Waals surface area contributed by atoms with E-state index in [4.69, 9.17) is 9.84 Å². The van der Waals surface area contributed by atoms with E-state index in [1.54, 1.807) is 18.2 Å². The fourth-order valence-corrected chi connectivity index (χ4v) is 2.46. The number of rotatable bonds is 9. The van der Waals surface area contributed by atoms with Crippen molar-refractivity contribution in [3.05, 3.63) is 36.0 Å². The van der Waals surface area contributed by atoms with Crippen LogP contribution in [0, 0.1) is 0 Å². The minimum absolute atomic E-state index is 0.254. The molecule has 0 aliphatic heterocycles. The van der Waals surface area contributed by atoms with Crippen molar-refractivity contribution in [3.8, 4) is 5.75 Å². The average Bonchev–Trinajstić information content (AvgIpc) is 2.56. The van der Waals surface area contributed by atoms with Crippen molar-refractivity contribution in [1.82, 2.24) is 4.98 Å². The van der Waals surface area contributed by atoms with Crippen molar-refractivity contribution in [2.75, 3.05) is 13.2 Å². The summed E-state index contributed by atoms with van der Waals surface area (Å²) < 4.78 is 43.5. The first-order chi connectivity index (χ1) is 11.5. The van der Waals surface area contributed by atoms with Gasteiger partial charge in [0.25, 0.3) is 0 Å². The van der Waals surface area contributed by atoms with Crippen molar-refractivity contribution in [3.63, 3.8) is 0 Å². The fourth-order valence-electron chi connectivity index (χ4n) is 2.46. The molecule has 1 heterocycles. The highest BCUT2D eigenvalue weighted by Gasteiger charge is 2.32. The van der Waals surface area contributed by atoms with Gasteiger partial charge in [0.05, 0.1) is 12.1 Å². The molecule has 0 aliphatic rings. The Labute approximate surface area is 139 Å². The van der Waals surface area contributed by atoms with E-state index in [0.717, 1.165) is 44.6 Å². The topological polar surface area (TPSA) is 42.4 Å². The van der Waals surface area contributed by atoms with Crippen LogP contribution in [0.25, 0.3) is 10.9 Å². The maximum Gasteiger partial charge on any atom is 0.433 e. The number of pyridine rings is 1. The molecule has 132 valence electrons. The molecule has 0 spiro atoms. The van der Waals surface area contributed by atoms with E-state index in [2.05, 4.69) is 4.98 Å². The van der Waals surface area contributed by atoms with Crippen molar-refractivity contribution in [1.29, 1.82) is 0 Å². The number of aliphatic hydroxyl groups is 1. The molecule has 0 saturated heterocycles. The highest BCUT2D eigenvalue weighted by Crippen LogP contribution is 2.29. The molecular weight excluding hydrogens is 319 g/mol. The molecule has 6 heteroatoms. The van der Waals surface area contributed by atoms with E-state index in [-0.39, 0.29) is 6.61 Å². The van der Waals surface area contributed by atoms with Crippen LogP contribution in [0.3, 0.4) is 0 Å². The molecule has 3 nitrogen and oxygen atoms in total. The number of alkyl halides is 3. The Morgan fingerprint density at radius 3 is 2.33 bits per heavy atom. The maximum absolute atomic E-state index is 12.6. The monoisotopic (exact) mass is 341 g/mol. The second-order valence-electron chi connectivity index (χ2n) is 5.74. The lowest BCUT2D eigenvalue weighted by atomic mass is 10.1.